The predicted octanol–water partition coefficient (Wildman–Crippen LogP) is 4.45. The fourth-order valence-electron chi connectivity index (χ4n) is 7.90. The first-order chi connectivity index (χ1) is 21.0. The fraction of sp³-hybridized carbons (Fsp3) is 0.438. The van der Waals surface area contributed by atoms with Gasteiger partial charge in [-0.25, -0.2) is 0 Å². The van der Waals surface area contributed by atoms with Crippen LogP contribution in [-0.4, -0.2) is 75.1 Å². The Kier molecular flexibility index (Phi) is 7.16. The predicted molar refractivity (Wildman–Crippen MR) is 168 cm³/mol. The number of halogens is 3. The Morgan fingerprint density at radius 2 is 1.64 bits per heavy atom. The Labute approximate surface area is 272 Å². The topological polar surface area (TPSA) is 107 Å². The SMILES string of the molecule is Cc1cccc(C2C3=CCC4C(=O)N(c5ccc(N6CCOCC6)cc5)C(=O)C4C3CC3(Cl)C(=O)N(CBr)C(=O)C23Cl)c1O. The molecule has 1 saturated carbocycles. The number of phenols is 1. The molecule has 2 aromatic carbocycles. The third-order valence-corrected chi connectivity index (χ3v) is 12.0. The van der Waals surface area contributed by atoms with Crippen molar-refractivity contribution < 1.29 is 29.0 Å². The van der Waals surface area contributed by atoms with Crippen molar-refractivity contribution in [1.82, 2.24) is 4.90 Å². The van der Waals surface area contributed by atoms with Gasteiger partial charge < -0.3 is 14.7 Å². The van der Waals surface area contributed by atoms with E-state index >= 15 is 0 Å². The number of carbonyl (C=O) groups excluding carboxylic acids is 4. The number of hydrogen-bond donors (Lipinski definition) is 1. The van der Waals surface area contributed by atoms with Gasteiger partial charge in [-0.05, 0) is 55.5 Å². The number of allylic oxidation sites excluding steroid dienone is 2. The van der Waals surface area contributed by atoms with Crippen molar-refractivity contribution in [2.24, 2.45) is 17.8 Å². The second-order valence-corrected chi connectivity index (χ2v) is 13.9. The number of imide groups is 2. The molecule has 44 heavy (non-hydrogen) atoms. The van der Waals surface area contributed by atoms with E-state index in [1.54, 1.807) is 37.3 Å². The van der Waals surface area contributed by atoms with Crippen molar-refractivity contribution in [2.45, 2.75) is 35.4 Å². The number of alkyl halides is 3. The molecule has 3 saturated heterocycles. The van der Waals surface area contributed by atoms with Crippen molar-refractivity contribution in [1.29, 1.82) is 0 Å². The molecule has 0 bridgehead atoms. The molecule has 12 heteroatoms. The summed E-state index contributed by atoms with van der Waals surface area (Å²) in [5.41, 5.74) is 2.90. The van der Waals surface area contributed by atoms with Gasteiger partial charge in [-0.1, -0.05) is 45.8 Å². The number of carbonyl (C=O) groups is 4. The lowest BCUT2D eigenvalue weighted by atomic mass is 9.56. The summed E-state index contributed by atoms with van der Waals surface area (Å²) in [5.74, 6) is -5.23. The number of hydrogen-bond acceptors (Lipinski definition) is 7. The van der Waals surface area contributed by atoms with Crippen LogP contribution in [0.4, 0.5) is 11.4 Å². The molecule has 2 aromatic rings. The van der Waals surface area contributed by atoms with E-state index in [9.17, 15) is 24.3 Å². The van der Waals surface area contributed by atoms with E-state index < -0.39 is 45.2 Å². The maximum atomic E-state index is 14.3. The number of nitrogens with zero attached hydrogens (tertiary/aromatic N) is 3. The highest BCUT2D eigenvalue weighted by atomic mass is 79.9. The molecule has 4 amide bonds. The van der Waals surface area contributed by atoms with Crippen LogP contribution in [0.1, 0.15) is 29.9 Å². The minimum absolute atomic E-state index is 0.0615. The Morgan fingerprint density at radius 1 is 0.955 bits per heavy atom. The monoisotopic (exact) mass is 701 g/mol. The molecule has 3 heterocycles. The number of likely N-dealkylation sites (tertiary alicyclic amines) is 1. The summed E-state index contributed by atoms with van der Waals surface area (Å²) in [4.78, 5) is 56.4. The zero-order valence-corrected chi connectivity index (χ0v) is 26.9. The van der Waals surface area contributed by atoms with Gasteiger partial charge >= 0.3 is 0 Å². The average Bonchev–Trinajstić information content (AvgIpc) is 3.37. The molecule has 7 rings (SSSR count). The number of phenolic OH excluding ortho intramolecular Hbond substituents is 1. The van der Waals surface area contributed by atoms with Crippen molar-refractivity contribution in [3.63, 3.8) is 0 Å². The lowest BCUT2D eigenvalue weighted by Gasteiger charge is -2.50. The highest BCUT2D eigenvalue weighted by Crippen LogP contribution is 2.66. The Morgan fingerprint density at radius 3 is 2.32 bits per heavy atom. The normalized spacial score (nSPS) is 33.4. The molecule has 0 radical (unpaired) electrons. The summed E-state index contributed by atoms with van der Waals surface area (Å²) < 4.78 is 5.44. The van der Waals surface area contributed by atoms with Crippen LogP contribution in [0, 0.1) is 24.7 Å². The number of ether oxygens (including phenoxy) is 1. The molecule has 6 unspecified atom stereocenters. The second-order valence-electron chi connectivity index (χ2n) is 12.1. The zero-order chi connectivity index (χ0) is 31.1. The number of para-hydroxylation sites is 1. The van der Waals surface area contributed by atoms with Crippen LogP contribution in [0.15, 0.2) is 54.1 Å². The molecule has 1 N–H and O–H groups in total. The average molecular weight is 703 g/mol. The number of morpholine rings is 1. The van der Waals surface area contributed by atoms with Gasteiger partial charge in [-0.3, -0.25) is 29.0 Å². The van der Waals surface area contributed by atoms with Crippen molar-refractivity contribution in [3.05, 3.63) is 65.2 Å². The summed E-state index contributed by atoms with van der Waals surface area (Å²) in [7, 11) is 0. The zero-order valence-electron chi connectivity index (χ0n) is 23.8. The van der Waals surface area contributed by atoms with E-state index in [4.69, 9.17) is 27.9 Å². The highest BCUT2D eigenvalue weighted by Gasteiger charge is 2.76. The van der Waals surface area contributed by atoms with Gasteiger partial charge in [0, 0.05) is 30.3 Å². The van der Waals surface area contributed by atoms with E-state index in [1.165, 1.54) is 4.90 Å². The maximum Gasteiger partial charge on any atom is 0.254 e. The third-order valence-electron chi connectivity index (χ3n) is 10.1. The largest absolute Gasteiger partial charge is 0.507 e. The smallest absolute Gasteiger partial charge is 0.254 e. The summed E-state index contributed by atoms with van der Waals surface area (Å²) in [6, 6.07) is 12.5. The van der Waals surface area contributed by atoms with Gasteiger partial charge in [-0.15, -0.1) is 23.2 Å². The van der Waals surface area contributed by atoms with E-state index in [-0.39, 0.29) is 35.9 Å². The number of anilines is 2. The molecule has 2 aliphatic carbocycles. The van der Waals surface area contributed by atoms with Crippen LogP contribution in [0.5, 0.6) is 5.75 Å². The molecule has 3 aliphatic heterocycles. The van der Waals surface area contributed by atoms with Crippen LogP contribution in [0.2, 0.25) is 0 Å². The molecule has 0 aromatic heterocycles. The maximum absolute atomic E-state index is 14.3. The fourth-order valence-corrected chi connectivity index (χ4v) is 9.32. The van der Waals surface area contributed by atoms with E-state index in [1.807, 2.05) is 18.2 Å². The number of benzene rings is 2. The van der Waals surface area contributed by atoms with Crippen LogP contribution in [0.25, 0.3) is 0 Å². The molecule has 5 aliphatic rings. The van der Waals surface area contributed by atoms with Crippen LogP contribution < -0.4 is 9.80 Å². The van der Waals surface area contributed by atoms with Crippen LogP contribution in [-0.2, 0) is 23.9 Å². The molecule has 0 spiro atoms. The van der Waals surface area contributed by atoms with E-state index in [0.717, 1.165) is 23.7 Å². The van der Waals surface area contributed by atoms with Crippen molar-refractivity contribution in [2.75, 3.05) is 41.6 Å². The van der Waals surface area contributed by atoms with E-state index in [2.05, 4.69) is 20.8 Å². The van der Waals surface area contributed by atoms with Crippen molar-refractivity contribution >= 4 is 74.1 Å². The van der Waals surface area contributed by atoms with Gasteiger partial charge in [0.05, 0.1) is 36.2 Å². The molecule has 4 fully saturated rings. The summed E-state index contributed by atoms with van der Waals surface area (Å²) in [5, 5.41) is 11.2. The number of rotatable bonds is 4. The minimum Gasteiger partial charge on any atom is -0.507 e. The number of fused-ring (bicyclic) bond motifs is 4. The first-order valence-electron chi connectivity index (χ1n) is 14.6. The van der Waals surface area contributed by atoms with Crippen LogP contribution >= 0.6 is 39.1 Å². The Balaban J connectivity index is 1.30. The highest BCUT2D eigenvalue weighted by molar-refractivity contribution is 9.09. The summed E-state index contributed by atoms with van der Waals surface area (Å²) in [6.07, 6.45) is 2.01. The Hall–Kier alpha value is -2.92. The quantitative estimate of drug-likeness (QED) is 0.217. The number of aryl methyl sites for hydroxylation is 1. The molecule has 6 atom stereocenters. The summed E-state index contributed by atoms with van der Waals surface area (Å²) >= 11 is 17.7. The third kappa shape index (κ3) is 3.93. The minimum atomic E-state index is -1.96. The lowest BCUT2D eigenvalue weighted by Crippen LogP contribution is -2.60. The van der Waals surface area contributed by atoms with Gasteiger partial charge in [0.25, 0.3) is 11.8 Å². The lowest BCUT2D eigenvalue weighted by molar-refractivity contribution is -0.138. The first kappa shape index (κ1) is 29.8. The standard InChI is InChI=1S/C32H30BrCl2N3O6/c1-17-3-2-4-22(26(17)39)25-20-9-10-21-24(23(20)15-31(34)29(42)37(16-33)30(43)32(25,31)35)28(41)38(27(21)40)19-7-5-18(6-8-19)36-11-13-44-14-12-36/h2-9,21,23-25,39H,10-16H2,1H3. The molecular formula is C32H30BrCl2N3O6. The number of aromatic hydroxyl groups is 1. The Bertz CT molecular complexity index is 1630. The van der Waals surface area contributed by atoms with Crippen LogP contribution in [0.3, 0.4) is 0 Å². The molecule has 9 nitrogen and oxygen atoms in total. The molecular weight excluding hydrogens is 673 g/mol. The first-order valence-corrected chi connectivity index (χ1v) is 16.5. The second kappa shape index (κ2) is 10.6. The van der Waals surface area contributed by atoms with Crippen molar-refractivity contribution in [3.8, 4) is 5.75 Å². The van der Waals surface area contributed by atoms with Gasteiger partial charge in [-0.2, -0.15) is 0 Å². The van der Waals surface area contributed by atoms with Gasteiger partial charge in [0.15, 0.2) is 9.75 Å². The van der Waals surface area contributed by atoms with Gasteiger partial charge in [0.2, 0.25) is 11.8 Å². The molecule has 230 valence electrons. The van der Waals surface area contributed by atoms with Gasteiger partial charge in [0.1, 0.15) is 5.75 Å². The van der Waals surface area contributed by atoms with E-state index in [0.29, 0.717) is 35.6 Å². The summed E-state index contributed by atoms with van der Waals surface area (Å²) in [6.45, 7) is 4.52. The number of amides is 4.